The molecule has 0 saturated carbocycles. The van der Waals surface area contributed by atoms with Gasteiger partial charge in [-0.3, -0.25) is 0 Å². The van der Waals surface area contributed by atoms with Gasteiger partial charge in [-0.1, -0.05) is 40.7 Å². The first-order valence-electron chi connectivity index (χ1n) is 9.01. The zero-order valence-corrected chi connectivity index (χ0v) is 18.4. The summed E-state index contributed by atoms with van der Waals surface area (Å²) in [7, 11) is -1.95. The number of hydrogen-bond donors (Lipinski definition) is 0. The number of sulfonamides is 1. The van der Waals surface area contributed by atoms with Gasteiger partial charge in [0, 0.05) is 7.05 Å². The third-order valence-corrected chi connectivity index (χ3v) is 6.10. The number of rotatable bonds is 8. The number of para-hydroxylation sites is 1. The summed E-state index contributed by atoms with van der Waals surface area (Å²) in [5.74, 6) is 0.575. The van der Waals surface area contributed by atoms with E-state index in [2.05, 4.69) is 8.80 Å². The smallest absolute Gasteiger partial charge is 0.282 e. The molecule has 156 valence electrons. The standard InChI is InChI=1S/C21H21N3O4S2/c1-16(22-29-28-27-18-10-6-4-7-11-18)20-14-15-21(24(20)3)17(2)23-30(25,26)19-12-8-5-9-13-19/h4-15H,1-3H3/b22-16+,23-17+. The lowest BCUT2D eigenvalue weighted by Gasteiger charge is -2.08. The van der Waals surface area contributed by atoms with Crippen LogP contribution in [0.1, 0.15) is 25.2 Å². The van der Waals surface area contributed by atoms with E-state index in [9.17, 15) is 8.42 Å². The van der Waals surface area contributed by atoms with Crippen molar-refractivity contribution in [1.82, 2.24) is 4.57 Å². The molecule has 2 aromatic carbocycles. The fourth-order valence-corrected chi connectivity index (χ4v) is 4.16. The summed E-state index contributed by atoms with van der Waals surface area (Å²) < 4.78 is 40.1. The molecule has 3 aromatic rings. The summed E-state index contributed by atoms with van der Waals surface area (Å²) in [6.07, 6.45) is 0. The Hall–Kier alpha value is -2.88. The van der Waals surface area contributed by atoms with Crippen molar-refractivity contribution in [3.8, 4) is 5.75 Å². The zero-order valence-electron chi connectivity index (χ0n) is 16.7. The molecular weight excluding hydrogens is 422 g/mol. The highest BCUT2D eigenvalue weighted by Gasteiger charge is 2.16. The van der Waals surface area contributed by atoms with Gasteiger partial charge in [-0.25, -0.2) is 0 Å². The lowest BCUT2D eigenvalue weighted by molar-refractivity contribution is -0.0776. The average molecular weight is 444 g/mol. The number of aromatic nitrogens is 1. The van der Waals surface area contributed by atoms with Crippen molar-refractivity contribution in [2.75, 3.05) is 0 Å². The second-order valence-electron chi connectivity index (χ2n) is 6.34. The molecule has 0 radical (unpaired) electrons. The predicted octanol–water partition coefficient (Wildman–Crippen LogP) is 4.61. The van der Waals surface area contributed by atoms with Crippen molar-refractivity contribution in [1.29, 1.82) is 0 Å². The minimum atomic E-state index is -3.78. The predicted molar refractivity (Wildman–Crippen MR) is 119 cm³/mol. The Labute approximate surface area is 180 Å². The van der Waals surface area contributed by atoms with Crippen LogP contribution >= 0.6 is 12.2 Å². The third kappa shape index (κ3) is 5.38. The molecule has 0 fully saturated rings. The fraction of sp³-hybridized carbons (Fsp3) is 0.143. The van der Waals surface area contributed by atoms with E-state index in [0.29, 0.717) is 22.9 Å². The summed E-state index contributed by atoms with van der Waals surface area (Å²) in [5.41, 5.74) is 2.54. The molecule has 0 aliphatic rings. The van der Waals surface area contributed by atoms with E-state index in [1.165, 1.54) is 12.1 Å². The van der Waals surface area contributed by atoms with Gasteiger partial charge in [0.05, 0.1) is 27.7 Å². The van der Waals surface area contributed by atoms with Crippen molar-refractivity contribution < 1.29 is 17.6 Å². The van der Waals surface area contributed by atoms with Crippen LogP contribution in [0.3, 0.4) is 0 Å². The molecule has 0 aliphatic carbocycles. The molecule has 0 aliphatic heterocycles. The van der Waals surface area contributed by atoms with E-state index in [1.807, 2.05) is 42.8 Å². The minimum Gasteiger partial charge on any atom is -0.342 e. The SMILES string of the molecule is C/C(=N\SOOc1ccccc1)c1ccc(/C(C)=N/S(=O)(=O)c2ccccc2)n1C. The van der Waals surface area contributed by atoms with Gasteiger partial charge in [-0.2, -0.15) is 17.2 Å². The summed E-state index contributed by atoms with van der Waals surface area (Å²) in [6.45, 7) is 3.49. The Morgan fingerprint density at radius 1 is 0.867 bits per heavy atom. The Morgan fingerprint density at radius 2 is 1.43 bits per heavy atom. The molecule has 7 nitrogen and oxygen atoms in total. The minimum absolute atomic E-state index is 0.156. The Balaban J connectivity index is 1.71. The second kappa shape index (κ2) is 9.75. The average Bonchev–Trinajstić information content (AvgIpc) is 3.14. The first-order chi connectivity index (χ1) is 14.4. The molecule has 0 unspecified atom stereocenters. The quantitative estimate of drug-likeness (QED) is 0.127. The van der Waals surface area contributed by atoms with Crippen LogP contribution in [0.5, 0.6) is 5.75 Å². The summed E-state index contributed by atoms with van der Waals surface area (Å²) in [4.78, 5) is 5.28. The van der Waals surface area contributed by atoms with Gasteiger partial charge in [0.2, 0.25) is 0 Å². The summed E-state index contributed by atoms with van der Waals surface area (Å²) in [5, 5.41) is 0. The molecule has 1 heterocycles. The first-order valence-corrected chi connectivity index (χ1v) is 11.2. The topological polar surface area (TPSA) is 82.2 Å². The summed E-state index contributed by atoms with van der Waals surface area (Å²) in [6, 6.07) is 20.9. The van der Waals surface area contributed by atoms with Gasteiger partial charge in [-0.15, -0.1) is 0 Å². The van der Waals surface area contributed by atoms with Crippen LogP contribution in [-0.2, 0) is 21.4 Å². The van der Waals surface area contributed by atoms with Gasteiger partial charge >= 0.3 is 0 Å². The maximum Gasteiger partial charge on any atom is 0.282 e. The van der Waals surface area contributed by atoms with Crippen molar-refractivity contribution >= 4 is 33.7 Å². The maximum absolute atomic E-state index is 12.5. The van der Waals surface area contributed by atoms with Gasteiger partial charge in [-0.05, 0) is 50.2 Å². The number of nitrogens with zero attached hydrogens (tertiary/aromatic N) is 3. The molecule has 0 bridgehead atoms. The lowest BCUT2D eigenvalue weighted by atomic mass is 10.3. The van der Waals surface area contributed by atoms with Crippen LogP contribution in [0.4, 0.5) is 0 Å². The van der Waals surface area contributed by atoms with Crippen LogP contribution in [0.25, 0.3) is 0 Å². The van der Waals surface area contributed by atoms with Crippen molar-refractivity contribution in [2.45, 2.75) is 18.7 Å². The van der Waals surface area contributed by atoms with Gasteiger partial charge in [0.1, 0.15) is 0 Å². The van der Waals surface area contributed by atoms with Crippen LogP contribution in [0.15, 0.2) is 86.5 Å². The summed E-state index contributed by atoms with van der Waals surface area (Å²) >= 11 is 0.811. The number of hydrogen-bond acceptors (Lipinski definition) is 6. The third-order valence-electron chi connectivity index (χ3n) is 4.24. The Bertz CT molecular complexity index is 1160. The largest absolute Gasteiger partial charge is 0.342 e. The van der Waals surface area contributed by atoms with Gasteiger partial charge in [0.15, 0.2) is 18.0 Å². The van der Waals surface area contributed by atoms with Gasteiger partial charge < -0.3 is 9.45 Å². The molecule has 0 saturated heterocycles. The molecule has 9 heteroatoms. The van der Waals surface area contributed by atoms with E-state index in [-0.39, 0.29) is 4.90 Å². The molecule has 30 heavy (non-hydrogen) atoms. The number of benzene rings is 2. The lowest BCUT2D eigenvalue weighted by Crippen LogP contribution is -2.11. The normalized spacial score (nSPS) is 12.8. The Kier molecular flexibility index (Phi) is 7.09. The van der Waals surface area contributed by atoms with Crippen LogP contribution in [-0.4, -0.2) is 24.4 Å². The van der Waals surface area contributed by atoms with E-state index < -0.39 is 10.0 Å². The van der Waals surface area contributed by atoms with Crippen LogP contribution in [0.2, 0.25) is 0 Å². The molecule has 0 spiro atoms. The van der Waals surface area contributed by atoms with Crippen molar-refractivity contribution in [2.24, 2.45) is 15.8 Å². The maximum atomic E-state index is 12.5. The van der Waals surface area contributed by atoms with E-state index in [0.717, 1.165) is 17.9 Å². The highest BCUT2D eigenvalue weighted by atomic mass is 32.2. The fourth-order valence-electron chi connectivity index (χ4n) is 2.76. The molecular formula is C21H21N3O4S2. The molecule has 0 atom stereocenters. The second-order valence-corrected chi connectivity index (χ2v) is 8.42. The van der Waals surface area contributed by atoms with E-state index in [4.69, 9.17) is 9.22 Å². The van der Waals surface area contributed by atoms with Crippen molar-refractivity contribution in [3.63, 3.8) is 0 Å². The van der Waals surface area contributed by atoms with E-state index in [1.54, 1.807) is 43.3 Å². The highest BCUT2D eigenvalue weighted by Crippen LogP contribution is 2.18. The molecule has 3 rings (SSSR count). The van der Waals surface area contributed by atoms with Gasteiger partial charge in [0.25, 0.3) is 10.0 Å². The molecule has 1 aromatic heterocycles. The van der Waals surface area contributed by atoms with Crippen LogP contribution < -0.4 is 4.89 Å². The highest BCUT2D eigenvalue weighted by molar-refractivity contribution is 7.93. The molecule has 0 amide bonds. The molecule has 0 N–H and O–H groups in total. The monoisotopic (exact) mass is 443 g/mol. The first kappa shape index (κ1) is 21.8. The van der Waals surface area contributed by atoms with Crippen LogP contribution in [0, 0.1) is 0 Å². The zero-order chi connectivity index (χ0) is 21.6. The Morgan fingerprint density at radius 3 is 2.07 bits per heavy atom. The van der Waals surface area contributed by atoms with Crippen molar-refractivity contribution in [3.05, 3.63) is 84.2 Å². The van der Waals surface area contributed by atoms with E-state index >= 15 is 0 Å².